The Bertz CT molecular complexity index is 398. The van der Waals surface area contributed by atoms with E-state index in [1.165, 1.54) is 43.4 Å². The normalized spacial score (nSPS) is 17.3. The molecule has 100 valence electrons. The van der Waals surface area contributed by atoms with Crippen molar-refractivity contribution in [1.29, 1.82) is 0 Å². The van der Waals surface area contributed by atoms with Crippen LogP contribution < -0.4 is 0 Å². The fourth-order valence-corrected chi connectivity index (χ4v) is 4.21. The monoisotopic (exact) mass is 329 g/mol. The first kappa shape index (κ1) is 14.2. The van der Waals surface area contributed by atoms with Gasteiger partial charge < -0.3 is 0 Å². The van der Waals surface area contributed by atoms with Crippen LogP contribution in [0.1, 0.15) is 41.8 Å². The number of hydrogen-bond acceptors (Lipinski definition) is 3. The van der Waals surface area contributed by atoms with Gasteiger partial charge in [0.2, 0.25) is 0 Å². The Labute approximate surface area is 122 Å². The molecule has 0 amide bonds. The maximum absolute atomic E-state index is 12.1. The lowest BCUT2D eigenvalue weighted by Gasteiger charge is -2.26. The summed E-state index contributed by atoms with van der Waals surface area (Å²) in [6.07, 6.45) is 6.79. The van der Waals surface area contributed by atoms with E-state index in [-0.39, 0.29) is 5.78 Å². The summed E-state index contributed by atoms with van der Waals surface area (Å²) in [6, 6.07) is 1.94. The predicted octanol–water partition coefficient (Wildman–Crippen LogP) is 4.21. The minimum absolute atomic E-state index is 0.232. The molecule has 2 nitrogen and oxygen atoms in total. The Kier molecular flexibility index (Phi) is 5.39. The van der Waals surface area contributed by atoms with Crippen LogP contribution in [0, 0.1) is 5.92 Å². The van der Waals surface area contributed by atoms with Gasteiger partial charge in [0.05, 0.1) is 11.4 Å². The molecule has 1 aliphatic carbocycles. The van der Waals surface area contributed by atoms with Gasteiger partial charge in [-0.2, -0.15) is 0 Å². The van der Waals surface area contributed by atoms with Crippen LogP contribution >= 0.6 is 27.3 Å². The molecule has 1 fully saturated rings. The average Bonchev–Trinajstić information content (AvgIpc) is 2.76. The summed E-state index contributed by atoms with van der Waals surface area (Å²) < 4.78 is 0.934. The van der Waals surface area contributed by atoms with Gasteiger partial charge in [-0.25, -0.2) is 0 Å². The lowest BCUT2D eigenvalue weighted by atomic mass is 9.89. The van der Waals surface area contributed by atoms with Crippen molar-refractivity contribution < 1.29 is 4.79 Å². The molecule has 1 heterocycles. The highest BCUT2D eigenvalue weighted by atomic mass is 79.9. The summed E-state index contributed by atoms with van der Waals surface area (Å²) in [5.74, 6) is 1.03. The summed E-state index contributed by atoms with van der Waals surface area (Å²) in [5.41, 5.74) is 0. The summed E-state index contributed by atoms with van der Waals surface area (Å²) >= 11 is 4.95. The van der Waals surface area contributed by atoms with Crippen LogP contribution in [0.4, 0.5) is 0 Å². The van der Waals surface area contributed by atoms with Gasteiger partial charge in [0, 0.05) is 11.0 Å². The molecule has 18 heavy (non-hydrogen) atoms. The fourth-order valence-electron chi connectivity index (χ4n) is 2.68. The van der Waals surface area contributed by atoms with Gasteiger partial charge >= 0.3 is 0 Å². The molecule has 0 bridgehead atoms. The number of thiophene rings is 1. The van der Waals surface area contributed by atoms with Crippen molar-refractivity contribution in [3.8, 4) is 0 Å². The minimum Gasteiger partial charge on any atom is -0.299 e. The number of likely N-dealkylation sites (N-methyl/N-ethyl adjacent to an activating group) is 1. The van der Waals surface area contributed by atoms with Crippen LogP contribution in [0.2, 0.25) is 0 Å². The Morgan fingerprint density at radius 3 is 2.78 bits per heavy atom. The SMILES string of the molecule is CN(CC(=O)c1sccc1Br)CC1CCCCC1. The molecule has 1 aromatic heterocycles. The topological polar surface area (TPSA) is 20.3 Å². The van der Waals surface area contributed by atoms with Gasteiger partial charge in [-0.3, -0.25) is 9.69 Å². The second kappa shape index (κ2) is 6.83. The summed E-state index contributed by atoms with van der Waals surface area (Å²) in [7, 11) is 2.06. The molecule has 0 N–H and O–H groups in total. The third-order valence-electron chi connectivity index (χ3n) is 3.58. The number of hydrogen-bond donors (Lipinski definition) is 0. The van der Waals surface area contributed by atoms with Crippen molar-refractivity contribution in [2.24, 2.45) is 5.92 Å². The molecule has 1 aliphatic rings. The molecule has 4 heteroatoms. The zero-order valence-electron chi connectivity index (χ0n) is 10.8. The van der Waals surface area contributed by atoms with Crippen LogP contribution in [0.25, 0.3) is 0 Å². The van der Waals surface area contributed by atoms with Crippen LogP contribution in [0.3, 0.4) is 0 Å². The van der Waals surface area contributed by atoms with E-state index >= 15 is 0 Å². The summed E-state index contributed by atoms with van der Waals surface area (Å²) in [6.45, 7) is 1.60. The maximum Gasteiger partial charge on any atom is 0.187 e. The van der Waals surface area contributed by atoms with Crippen LogP contribution in [0.5, 0.6) is 0 Å². The predicted molar refractivity (Wildman–Crippen MR) is 80.4 cm³/mol. The summed E-state index contributed by atoms with van der Waals surface area (Å²) in [5, 5.41) is 1.96. The smallest absolute Gasteiger partial charge is 0.187 e. The molecular weight excluding hydrogens is 310 g/mol. The second-order valence-electron chi connectivity index (χ2n) is 5.22. The van der Waals surface area contributed by atoms with Crippen LogP contribution in [0.15, 0.2) is 15.9 Å². The lowest BCUT2D eigenvalue weighted by Crippen LogP contribution is -2.31. The van der Waals surface area contributed by atoms with Crippen molar-refractivity contribution in [3.63, 3.8) is 0 Å². The molecule has 0 saturated heterocycles. The van der Waals surface area contributed by atoms with Crippen molar-refractivity contribution in [2.45, 2.75) is 32.1 Å². The quantitative estimate of drug-likeness (QED) is 0.754. The second-order valence-corrected chi connectivity index (χ2v) is 6.99. The number of rotatable bonds is 5. The van der Waals surface area contributed by atoms with E-state index in [0.717, 1.165) is 21.8 Å². The molecule has 0 aliphatic heterocycles. The van der Waals surface area contributed by atoms with Gasteiger partial charge in [-0.05, 0) is 53.2 Å². The molecule has 0 spiro atoms. The summed E-state index contributed by atoms with van der Waals surface area (Å²) in [4.78, 5) is 15.2. The Morgan fingerprint density at radius 2 is 2.17 bits per heavy atom. The molecule has 1 aromatic rings. The highest BCUT2D eigenvalue weighted by Crippen LogP contribution is 2.25. The highest BCUT2D eigenvalue weighted by molar-refractivity contribution is 9.10. The van der Waals surface area contributed by atoms with E-state index in [1.54, 1.807) is 0 Å². The van der Waals surface area contributed by atoms with Crippen LogP contribution in [-0.2, 0) is 0 Å². The Hall–Kier alpha value is -0.190. The van der Waals surface area contributed by atoms with Crippen molar-refractivity contribution in [1.82, 2.24) is 4.90 Å². The number of carbonyl (C=O) groups is 1. The van der Waals surface area contributed by atoms with E-state index in [4.69, 9.17) is 0 Å². The molecule has 0 aromatic carbocycles. The third kappa shape index (κ3) is 3.90. The highest BCUT2D eigenvalue weighted by Gasteiger charge is 2.18. The first-order chi connectivity index (χ1) is 8.66. The first-order valence-electron chi connectivity index (χ1n) is 6.61. The van der Waals surface area contributed by atoms with Crippen molar-refractivity contribution >= 4 is 33.0 Å². The van der Waals surface area contributed by atoms with E-state index < -0.39 is 0 Å². The average molecular weight is 330 g/mol. The van der Waals surface area contributed by atoms with Gasteiger partial charge in [0.25, 0.3) is 0 Å². The van der Waals surface area contributed by atoms with Gasteiger partial charge in [-0.1, -0.05) is 19.3 Å². The molecule has 0 atom stereocenters. The van der Waals surface area contributed by atoms with Crippen molar-refractivity contribution in [3.05, 3.63) is 20.8 Å². The Balaban J connectivity index is 1.81. The van der Waals surface area contributed by atoms with Gasteiger partial charge in [-0.15, -0.1) is 11.3 Å². The maximum atomic E-state index is 12.1. The van der Waals surface area contributed by atoms with E-state index in [0.29, 0.717) is 6.54 Å². The minimum atomic E-state index is 0.232. The molecular formula is C14H20BrNOS. The third-order valence-corrected chi connectivity index (χ3v) is 5.46. The fraction of sp³-hybridized carbons (Fsp3) is 0.643. The molecule has 0 unspecified atom stereocenters. The van der Waals surface area contributed by atoms with Gasteiger partial charge in [0.15, 0.2) is 5.78 Å². The number of halogens is 1. The number of Topliss-reactive ketones (excluding diaryl/α,β-unsaturated/α-hetero) is 1. The molecule has 2 rings (SSSR count). The van der Waals surface area contributed by atoms with Gasteiger partial charge in [0.1, 0.15) is 0 Å². The standard InChI is InChI=1S/C14H20BrNOS/c1-16(9-11-5-3-2-4-6-11)10-13(17)14-12(15)7-8-18-14/h7-8,11H,2-6,9-10H2,1H3. The number of nitrogens with zero attached hydrogens (tertiary/aromatic N) is 1. The number of ketones is 1. The first-order valence-corrected chi connectivity index (χ1v) is 8.29. The van der Waals surface area contributed by atoms with Crippen LogP contribution in [-0.4, -0.2) is 30.8 Å². The van der Waals surface area contributed by atoms with E-state index in [9.17, 15) is 4.79 Å². The van der Waals surface area contributed by atoms with Crippen molar-refractivity contribution in [2.75, 3.05) is 20.1 Å². The largest absolute Gasteiger partial charge is 0.299 e. The number of carbonyl (C=O) groups excluding carboxylic acids is 1. The molecule has 1 saturated carbocycles. The Morgan fingerprint density at radius 1 is 1.44 bits per heavy atom. The zero-order valence-corrected chi connectivity index (χ0v) is 13.2. The van der Waals surface area contributed by atoms with E-state index in [1.807, 2.05) is 11.4 Å². The van der Waals surface area contributed by atoms with E-state index in [2.05, 4.69) is 27.9 Å². The lowest BCUT2D eigenvalue weighted by molar-refractivity contribution is 0.0935. The molecule has 0 radical (unpaired) electrons. The zero-order chi connectivity index (χ0) is 13.0.